The molecule has 9 heteroatoms. The molecule has 0 aliphatic carbocycles. The first-order valence-corrected chi connectivity index (χ1v) is 8.01. The Morgan fingerprint density at radius 2 is 1.91 bits per heavy atom. The molecule has 1 fully saturated rings. The highest BCUT2D eigenvalue weighted by Gasteiger charge is 2.39. The highest BCUT2D eigenvalue weighted by Crippen LogP contribution is 2.27. The molecule has 0 amide bonds. The minimum Gasteiger partial charge on any atom is -0.481 e. The fraction of sp³-hybridized carbons (Fsp3) is 0.462. The number of carboxylic acid groups (broad SMARTS) is 1. The molecule has 1 aromatic carbocycles. The number of aliphatic carboxylic acids is 1. The number of carboxylic acids is 1. The Hall–Kier alpha value is -1.58. The first kappa shape index (κ1) is 16.8. The van der Waals surface area contributed by atoms with E-state index in [0.29, 0.717) is 12.1 Å². The van der Waals surface area contributed by atoms with Gasteiger partial charge in [-0.1, -0.05) is 0 Å². The third-order valence-corrected chi connectivity index (χ3v) is 5.07. The molecule has 2 rings (SSSR count). The molecule has 1 aliphatic rings. The van der Waals surface area contributed by atoms with Crippen molar-refractivity contribution in [3.8, 4) is 0 Å². The first-order chi connectivity index (χ1) is 10.2. The zero-order chi connectivity index (χ0) is 16.4. The average molecular weight is 335 g/mol. The molecule has 0 bridgehead atoms. The molecule has 0 spiro atoms. The molecule has 1 heterocycles. The maximum Gasteiger partial charge on any atom is 0.305 e. The lowest BCUT2D eigenvalue weighted by atomic mass is 9.88. The maximum atomic E-state index is 13.2. The smallest absolute Gasteiger partial charge is 0.305 e. The summed E-state index contributed by atoms with van der Waals surface area (Å²) in [6, 6.07) is 2.19. The van der Waals surface area contributed by atoms with Gasteiger partial charge in [-0.15, -0.1) is 0 Å². The van der Waals surface area contributed by atoms with Gasteiger partial charge in [0.05, 0.1) is 11.3 Å². The number of hydrogen-bond donors (Lipinski definition) is 2. The van der Waals surface area contributed by atoms with Crippen LogP contribution in [0.1, 0.15) is 19.3 Å². The van der Waals surface area contributed by atoms with Crippen LogP contribution in [-0.2, 0) is 19.6 Å². The molecule has 0 atom stereocenters. The van der Waals surface area contributed by atoms with Gasteiger partial charge in [-0.2, -0.15) is 0 Å². The zero-order valence-corrected chi connectivity index (χ0v) is 12.3. The van der Waals surface area contributed by atoms with Crippen LogP contribution in [-0.4, -0.2) is 38.2 Å². The van der Waals surface area contributed by atoms with Crippen molar-refractivity contribution >= 4 is 16.0 Å². The van der Waals surface area contributed by atoms with Crippen molar-refractivity contribution in [2.45, 2.75) is 29.7 Å². The van der Waals surface area contributed by atoms with Gasteiger partial charge >= 0.3 is 5.97 Å². The molecule has 6 nitrogen and oxygen atoms in total. The van der Waals surface area contributed by atoms with Gasteiger partial charge in [0, 0.05) is 18.8 Å². The lowest BCUT2D eigenvalue weighted by Gasteiger charge is -2.36. The van der Waals surface area contributed by atoms with E-state index in [0.717, 1.165) is 6.07 Å². The predicted octanol–water partition coefficient (Wildman–Crippen LogP) is 1.27. The quantitative estimate of drug-likeness (QED) is 0.845. The second-order valence-electron chi connectivity index (χ2n) is 5.14. The lowest BCUT2D eigenvalue weighted by Crippen LogP contribution is -2.53. The highest BCUT2D eigenvalue weighted by molar-refractivity contribution is 7.89. The van der Waals surface area contributed by atoms with Gasteiger partial charge in [-0.05, 0) is 31.0 Å². The van der Waals surface area contributed by atoms with E-state index in [1.54, 1.807) is 0 Å². The van der Waals surface area contributed by atoms with Crippen molar-refractivity contribution in [2.24, 2.45) is 0 Å². The monoisotopic (exact) mass is 335 g/mol. The van der Waals surface area contributed by atoms with Gasteiger partial charge in [0.25, 0.3) is 0 Å². The van der Waals surface area contributed by atoms with Gasteiger partial charge in [-0.3, -0.25) is 4.79 Å². The second kappa shape index (κ2) is 6.27. The minimum absolute atomic E-state index is 0.183. The summed E-state index contributed by atoms with van der Waals surface area (Å²) >= 11 is 0. The minimum atomic E-state index is -4.18. The molecule has 1 saturated heterocycles. The van der Waals surface area contributed by atoms with Crippen LogP contribution >= 0.6 is 0 Å². The molecule has 1 aliphatic heterocycles. The summed E-state index contributed by atoms with van der Waals surface area (Å²) in [5.41, 5.74) is -1.20. The Kier molecular flexibility index (Phi) is 4.78. The summed E-state index contributed by atoms with van der Waals surface area (Å²) in [6.07, 6.45) is -0.0519. The summed E-state index contributed by atoms with van der Waals surface area (Å²) < 4.78 is 58.2. The lowest BCUT2D eigenvalue weighted by molar-refractivity contribution is -0.139. The Morgan fingerprint density at radius 3 is 2.45 bits per heavy atom. The SMILES string of the molecule is O=C(O)CC1(NS(=O)(=O)c2ccc(F)c(F)c2)CCOCC1. The molecule has 22 heavy (non-hydrogen) atoms. The second-order valence-corrected chi connectivity index (χ2v) is 6.83. The van der Waals surface area contributed by atoms with Crippen molar-refractivity contribution in [3.05, 3.63) is 29.8 Å². The van der Waals surface area contributed by atoms with Crippen LogP contribution in [0.25, 0.3) is 0 Å². The fourth-order valence-electron chi connectivity index (χ4n) is 2.35. The van der Waals surface area contributed by atoms with Crippen molar-refractivity contribution in [3.63, 3.8) is 0 Å². The Bertz CT molecular complexity index is 671. The van der Waals surface area contributed by atoms with E-state index in [9.17, 15) is 22.0 Å². The van der Waals surface area contributed by atoms with Crippen LogP contribution < -0.4 is 4.72 Å². The molecule has 122 valence electrons. The Balaban J connectivity index is 2.31. The van der Waals surface area contributed by atoms with Gasteiger partial charge in [0.1, 0.15) is 0 Å². The average Bonchev–Trinajstić information content (AvgIpc) is 2.41. The summed E-state index contributed by atoms with van der Waals surface area (Å²) in [4.78, 5) is 10.6. The summed E-state index contributed by atoms with van der Waals surface area (Å²) in [5.74, 6) is -3.61. The fourth-order valence-corrected chi connectivity index (χ4v) is 3.82. The molecule has 0 unspecified atom stereocenters. The van der Waals surface area contributed by atoms with Gasteiger partial charge in [0.2, 0.25) is 10.0 Å². The van der Waals surface area contributed by atoms with E-state index in [4.69, 9.17) is 9.84 Å². The van der Waals surface area contributed by atoms with Crippen LogP contribution in [0.4, 0.5) is 8.78 Å². The molecule has 2 N–H and O–H groups in total. The van der Waals surface area contributed by atoms with E-state index < -0.39 is 44.5 Å². The van der Waals surface area contributed by atoms with Crippen molar-refractivity contribution in [1.82, 2.24) is 4.72 Å². The number of ether oxygens (including phenoxy) is 1. The largest absolute Gasteiger partial charge is 0.481 e. The van der Waals surface area contributed by atoms with Crippen molar-refractivity contribution in [2.75, 3.05) is 13.2 Å². The van der Waals surface area contributed by atoms with Crippen LogP contribution in [0.3, 0.4) is 0 Å². The zero-order valence-electron chi connectivity index (χ0n) is 11.5. The van der Waals surface area contributed by atoms with Crippen LogP contribution in [0, 0.1) is 11.6 Å². The molecule has 0 aromatic heterocycles. The molecule has 0 saturated carbocycles. The number of rotatable bonds is 5. The number of sulfonamides is 1. The van der Waals surface area contributed by atoms with E-state index in [1.165, 1.54) is 0 Å². The van der Waals surface area contributed by atoms with E-state index in [2.05, 4.69) is 4.72 Å². The molecular weight excluding hydrogens is 320 g/mol. The van der Waals surface area contributed by atoms with Gasteiger partial charge < -0.3 is 9.84 Å². The predicted molar refractivity (Wildman–Crippen MR) is 71.7 cm³/mol. The number of halogens is 2. The summed E-state index contributed by atoms with van der Waals surface area (Å²) in [7, 11) is -4.18. The van der Waals surface area contributed by atoms with E-state index in [1.807, 2.05) is 0 Å². The van der Waals surface area contributed by atoms with E-state index >= 15 is 0 Å². The highest BCUT2D eigenvalue weighted by atomic mass is 32.2. The maximum absolute atomic E-state index is 13.2. The number of nitrogens with one attached hydrogen (secondary N) is 1. The number of benzene rings is 1. The van der Waals surface area contributed by atoms with Crippen LogP contribution in [0.2, 0.25) is 0 Å². The van der Waals surface area contributed by atoms with Gasteiger partial charge in [-0.25, -0.2) is 21.9 Å². The normalized spacial score (nSPS) is 18.1. The third-order valence-electron chi connectivity index (χ3n) is 3.49. The van der Waals surface area contributed by atoms with Crippen LogP contribution in [0.5, 0.6) is 0 Å². The molecule has 0 radical (unpaired) electrons. The topological polar surface area (TPSA) is 92.7 Å². The van der Waals surface area contributed by atoms with E-state index in [-0.39, 0.29) is 26.1 Å². The number of hydrogen-bond acceptors (Lipinski definition) is 4. The van der Waals surface area contributed by atoms with Gasteiger partial charge in [0.15, 0.2) is 11.6 Å². The standard InChI is InChI=1S/C13H15F2NO5S/c14-10-2-1-9(7-11(10)15)22(19,20)16-13(8-12(17)18)3-5-21-6-4-13/h1-2,7,16H,3-6,8H2,(H,17,18). The number of carbonyl (C=O) groups is 1. The van der Waals surface area contributed by atoms with Crippen molar-refractivity contribution in [1.29, 1.82) is 0 Å². The Labute approximate surface area is 126 Å². The molecular formula is C13H15F2NO5S. The van der Waals surface area contributed by atoms with Crippen molar-refractivity contribution < 1.29 is 31.8 Å². The molecule has 1 aromatic rings. The van der Waals surface area contributed by atoms with Crippen LogP contribution in [0.15, 0.2) is 23.1 Å². The summed E-state index contributed by atoms with van der Waals surface area (Å²) in [6.45, 7) is 0.432. The third kappa shape index (κ3) is 3.79. The summed E-state index contributed by atoms with van der Waals surface area (Å²) in [5, 5.41) is 8.99. The first-order valence-electron chi connectivity index (χ1n) is 6.53. The Morgan fingerprint density at radius 1 is 1.27 bits per heavy atom.